The van der Waals surface area contributed by atoms with Crippen molar-refractivity contribution in [1.82, 2.24) is 15.3 Å². The highest BCUT2D eigenvalue weighted by Crippen LogP contribution is 2.23. The lowest BCUT2D eigenvalue weighted by Crippen LogP contribution is -2.51. The molecule has 0 saturated carbocycles. The average molecular weight is 403 g/mol. The molecule has 1 fully saturated rings. The number of carbonyl (C=O) groups excluding carboxylic acids is 1. The van der Waals surface area contributed by atoms with E-state index in [0.29, 0.717) is 17.8 Å². The minimum absolute atomic E-state index is 0.0152. The Hall–Kier alpha value is -2.61. The van der Waals surface area contributed by atoms with Crippen molar-refractivity contribution in [2.45, 2.75) is 39.2 Å². The van der Waals surface area contributed by atoms with Gasteiger partial charge in [0, 0.05) is 38.3 Å². The van der Waals surface area contributed by atoms with Crippen LogP contribution in [0.3, 0.4) is 0 Å². The standard InChI is InChI=1S/C21H27F2N5O/c1-13(2)10-15-12-28(9-8-25-15)18-6-5-14(11-17(22)23)19(27-18)20(29)16-4-3-7-26-21(16)24/h3-7,13,15,17,25H,8-12H2,1-2H3,(H2,24,26)/t15-/m0/s1. The van der Waals surface area contributed by atoms with Crippen molar-refractivity contribution in [2.75, 3.05) is 30.3 Å². The van der Waals surface area contributed by atoms with Gasteiger partial charge in [-0.15, -0.1) is 0 Å². The number of nitrogens with one attached hydrogen (secondary N) is 1. The summed E-state index contributed by atoms with van der Waals surface area (Å²) in [6, 6.07) is 6.74. The van der Waals surface area contributed by atoms with E-state index in [9.17, 15) is 13.6 Å². The number of nitrogen functional groups attached to an aromatic ring is 1. The van der Waals surface area contributed by atoms with Gasteiger partial charge < -0.3 is 16.0 Å². The third kappa shape index (κ3) is 5.26. The van der Waals surface area contributed by atoms with Crippen LogP contribution in [-0.4, -0.2) is 47.9 Å². The molecule has 0 aromatic carbocycles. The third-order valence-corrected chi connectivity index (χ3v) is 4.97. The van der Waals surface area contributed by atoms with Crippen molar-refractivity contribution >= 4 is 17.4 Å². The number of pyridine rings is 2. The van der Waals surface area contributed by atoms with E-state index in [1.165, 1.54) is 12.3 Å². The molecule has 0 amide bonds. The number of ketones is 1. The predicted molar refractivity (Wildman–Crippen MR) is 109 cm³/mol. The van der Waals surface area contributed by atoms with Crippen LogP contribution in [0.5, 0.6) is 0 Å². The zero-order valence-electron chi connectivity index (χ0n) is 16.7. The first kappa shape index (κ1) is 21.1. The maximum Gasteiger partial charge on any atom is 0.242 e. The van der Waals surface area contributed by atoms with Gasteiger partial charge in [0.1, 0.15) is 17.3 Å². The molecule has 1 aliphatic heterocycles. The van der Waals surface area contributed by atoms with Crippen molar-refractivity contribution < 1.29 is 13.6 Å². The Kier molecular flexibility index (Phi) is 6.74. The quantitative estimate of drug-likeness (QED) is 0.692. The van der Waals surface area contributed by atoms with Gasteiger partial charge in [-0.1, -0.05) is 19.9 Å². The number of alkyl halides is 2. The summed E-state index contributed by atoms with van der Waals surface area (Å²) >= 11 is 0. The zero-order valence-corrected chi connectivity index (χ0v) is 16.7. The number of aromatic nitrogens is 2. The van der Waals surface area contributed by atoms with Gasteiger partial charge in [-0.05, 0) is 36.1 Å². The molecule has 0 radical (unpaired) electrons. The molecule has 2 aromatic heterocycles. The molecular weight excluding hydrogens is 376 g/mol. The van der Waals surface area contributed by atoms with E-state index in [2.05, 4.69) is 34.0 Å². The van der Waals surface area contributed by atoms with Crippen LogP contribution in [0.1, 0.15) is 41.9 Å². The molecule has 8 heteroatoms. The fourth-order valence-electron chi connectivity index (χ4n) is 3.68. The van der Waals surface area contributed by atoms with Gasteiger partial charge in [-0.25, -0.2) is 18.7 Å². The van der Waals surface area contributed by atoms with Gasteiger partial charge in [0.25, 0.3) is 0 Å². The Bertz CT molecular complexity index is 859. The first-order valence-corrected chi connectivity index (χ1v) is 9.86. The highest BCUT2D eigenvalue weighted by atomic mass is 19.3. The van der Waals surface area contributed by atoms with Crippen LogP contribution in [0.2, 0.25) is 0 Å². The van der Waals surface area contributed by atoms with Crippen LogP contribution in [0, 0.1) is 5.92 Å². The topological polar surface area (TPSA) is 84.1 Å². The summed E-state index contributed by atoms with van der Waals surface area (Å²) in [5.74, 6) is 0.748. The molecule has 2 aromatic rings. The number of rotatable bonds is 7. The molecule has 1 saturated heterocycles. The van der Waals surface area contributed by atoms with Gasteiger partial charge >= 0.3 is 0 Å². The molecule has 3 heterocycles. The van der Waals surface area contributed by atoms with Gasteiger partial charge in [0.2, 0.25) is 12.2 Å². The molecule has 29 heavy (non-hydrogen) atoms. The molecule has 3 N–H and O–H groups in total. The maximum atomic E-state index is 13.1. The van der Waals surface area contributed by atoms with Crippen molar-refractivity contribution in [1.29, 1.82) is 0 Å². The van der Waals surface area contributed by atoms with Crippen LogP contribution >= 0.6 is 0 Å². The monoisotopic (exact) mass is 403 g/mol. The minimum Gasteiger partial charge on any atom is -0.383 e. The highest BCUT2D eigenvalue weighted by Gasteiger charge is 2.25. The van der Waals surface area contributed by atoms with E-state index in [4.69, 9.17) is 5.73 Å². The molecule has 0 bridgehead atoms. The second-order valence-electron chi connectivity index (χ2n) is 7.76. The Balaban J connectivity index is 1.93. The number of carbonyl (C=O) groups is 1. The number of anilines is 2. The van der Waals surface area contributed by atoms with E-state index >= 15 is 0 Å². The Labute approximate surface area is 169 Å². The number of hydrogen-bond donors (Lipinski definition) is 2. The summed E-state index contributed by atoms with van der Waals surface area (Å²) in [6.45, 7) is 6.64. The number of hydrogen-bond acceptors (Lipinski definition) is 6. The second kappa shape index (κ2) is 9.26. The van der Waals surface area contributed by atoms with Crippen molar-refractivity contribution in [2.24, 2.45) is 5.92 Å². The van der Waals surface area contributed by atoms with Gasteiger partial charge in [-0.3, -0.25) is 4.79 Å². The van der Waals surface area contributed by atoms with Crippen LogP contribution in [0.15, 0.2) is 30.5 Å². The number of nitrogens with two attached hydrogens (primary N) is 1. The van der Waals surface area contributed by atoms with Gasteiger partial charge in [0.15, 0.2) is 0 Å². The zero-order chi connectivity index (χ0) is 21.0. The average Bonchev–Trinajstić information content (AvgIpc) is 2.67. The first-order chi connectivity index (χ1) is 13.8. The van der Waals surface area contributed by atoms with Crippen molar-refractivity contribution in [3.8, 4) is 0 Å². The highest BCUT2D eigenvalue weighted by molar-refractivity contribution is 6.11. The lowest BCUT2D eigenvalue weighted by atomic mass is 10.0. The molecule has 1 atom stereocenters. The van der Waals surface area contributed by atoms with Crippen LogP contribution < -0.4 is 16.0 Å². The summed E-state index contributed by atoms with van der Waals surface area (Å²) in [4.78, 5) is 23.6. The fraction of sp³-hybridized carbons (Fsp3) is 0.476. The van der Waals surface area contributed by atoms with Crippen LogP contribution in [0.25, 0.3) is 0 Å². The lowest BCUT2D eigenvalue weighted by Gasteiger charge is -2.35. The molecule has 156 valence electrons. The molecule has 1 aliphatic rings. The molecular formula is C21H27F2N5O. The number of piperazine rings is 1. The van der Waals surface area contributed by atoms with E-state index in [1.54, 1.807) is 18.2 Å². The molecule has 0 spiro atoms. The Morgan fingerprint density at radius 1 is 1.34 bits per heavy atom. The van der Waals surface area contributed by atoms with Gasteiger partial charge in [-0.2, -0.15) is 0 Å². The normalized spacial score (nSPS) is 17.2. The number of nitrogens with zero attached hydrogens (tertiary/aromatic N) is 3. The smallest absolute Gasteiger partial charge is 0.242 e. The molecule has 6 nitrogen and oxygen atoms in total. The van der Waals surface area contributed by atoms with E-state index in [-0.39, 0.29) is 22.6 Å². The number of halogens is 2. The van der Waals surface area contributed by atoms with Crippen LogP contribution in [-0.2, 0) is 6.42 Å². The summed E-state index contributed by atoms with van der Waals surface area (Å²) in [7, 11) is 0. The van der Waals surface area contributed by atoms with Crippen molar-refractivity contribution in [3.63, 3.8) is 0 Å². The molecule has 0 unspecified atom stereocenters. The first-order valence-electron chi connectivity index (χ1n) is 9.86. The lowest BCUT2D eigenvalue weighted by molar-refractivity contribution is 0.103. The van der Waals surface area contributed by atoms with E-state index in [1.807, 2.05) is 0 Å². The second-order valence-corrected chi connectivity index (χ2v) is 7.76. The molecule has 0 aliphatic carbocycles. The fourth-order valence-corrected chi connectivity index (χ4v) is 3.68. The van der Waals surface area contributed by atoms with Gasteiger partial charge in [0.05, 0.1) is 5.56 Å². The minimum atomic E-state index is -2.57. The predicted octanol–water partition coefficient (Wildman–Crippen LogP) is 2.92. The summed E-state index contributed by atoms with van der Waals surface area (Å²) in [5.41, 5.74) is 6.23. The third-order valence-electron chi connectivity index (χ3n) is 4.97. The van der Waals surface area contributed by atoms with E-state index in [0.717, 1.165) is 26.1 Å². The Morgan fingerprint density at radius 2 is 2.14 bits per heavy atom. The summed E-state index contributed by atoms with van der Waals surface area (Å²) in [6.07, 6.45) is -0.606. The summed E-state index contributed by atoms with van der Waals surface area (Å²) in [5, 5.41) is 3.50. The molecule has 3 rings (SSSR count). The van der Waals surface area contributed by atoms with Crippen LogP contribution in [0.4, 0.5) is 20.4 Å². The van der Waals surface area contributed by atoms with Crippen molar-refractivity contribution in [3.05, 3.63) is 47.3 Å². The van der Waals surface area contributed by atoms with E-state index < -0.39 is 18.6 Å². The SMILES string of the molecule is CC(C)C[C@H]1CN(c2ccc(CC(F)F)c(C(=O)c3cccnc3N)n2)CCN1. The summed E-state index contributed by atoms with van der Waals surface area (Å²) < 4.78 is 26.2. The maximum absolute atomic E-state index is 13.1. The largest absolute Gasteiger partial charge is 0.383 e. The Morgan fingerprint density at radius 3 is 2.83 bits per heavy atom.